The van der Waals surface area contributed by atoms with E-state index < -0.39 is 10.0 Å². The zero-order valence-electron chi connectivity index (χ0n) is 10.2. The van der Waals surface area contributed by atoms with Crippen molar-refractivity contribution < 1.29 is 17.9 Å². The van der Waals surface area contributed by atoms with Crippen molar-refractivity contribution in [2.24, 2.45) is 0 Å². The number of anilines is 1. The summed E-state index contributed by atoms with van der Waals surface area (Å²) in [4.78, 5) is 3.86. The van der Waals surface area contributed by atoms with Crippen molar-refractivity contribution in [3.8, 4) is 11.8 Å². The third kappa shape index (κ3) is 2.94. The van der Waals surface area contributed by atoms with Gasteiger partial charge in [-0.05, 0) is 24.3 Å². The van der Waals surface area contributed by atoms with Crippen molar-refractivity contribution in [3.63, 3.8) is 0 Å². The maximum Gasteiger partial charge on any atom is 0.336 e. The van der Waals surface area contributed by atoms with Gasteiger partial charge in [-0.2, -0.15) is 4.98 Å². The summed E-state index contributed by atoms with van der Waals surface area (Å²) in [6.45, 7) is 0. The van der Waals surface area contributed by atoms with Gasteiger partial charge in [-0.25, -0.2) is 18.2 Å². The Morgan fingerprint density at radius 2 is 1.84 bits per heavy atom. The van der Waals surface area contributed by atoms with Crippen LogP contribution in [0, 0.1) is 0 Å². The first-order valence-electron chi connectivity index (χ1n) is 5.18. The maximum absolute atomic E-state index is 12.0. The molecule has 0 aliphatic heterocycles. The van der Waals surface area contributed by atoms with Crippen LogP contribution in [0.15, 0.2) is 29.2 Å². The molecule has 0 spiro atoms. The van der Waals surface area contributed by atoms with Crippen molar-refractivity contribution in [2.45, 2.75) is 4.90 Å². The normalized spacial score (nSPS) is 11.1. The smallest absolute Gasteiger partial charge is 0.336 e. The zero-order chi connectivity index (χ0) is 13.9. The standard InChI is InChI=1S/C10H12N4O4S/c1-17-7-3-5-8(6-4-7)19(15,16)14-9-11-10(18-2)13-12-9/h3-6H,1-2H3,(H2,11,12,13,14). The third-order valence-electron chi connectivity index (χ3n) is 2.25. The van der Waals surface area contributed by atoms with Gasteiger partial charge in [0.25, 0.3) is 10.0 Å². The van der Waals surface area contributed by atoms with Crippen LogP contribution in [-0.2, 0) is 10.0 Å². The zero-order valence-corrected chi connectivity index (χ0v) is 11.1. The Bertz CT molecular complexity index is 650. The second kappa shape index (κ2) is 5.14. The van der Waals surface area contributed by atoms with E-state index in [1.54, 1.807) is 12.1 Å². The lowest BCUT2D eigenvalue weighted by atomic mass is 10.3. The molecule has 0 aliphatic rings. The van der Waals surface area contributed by atoms with Crippen LogP contribution in [0.25, 0.3) is 0 Å². The summed E-state index contributed by atoms with van der Waals surface area (Å²) in [6, 6.07) is 6.00. The first-order valence-corrected chi connectivity index (χ1v) is 6.67. The molecule has 1 heterocycles. The van der Waals surface area contributed by atoms with E-state index in [-0.39, 0.29) is 16.9 Å². The molecule has 2 aromatic rings. The van der Waals surface area contributed by atoms with Gasteiger partial charge in [0, 0.05) is 0 Å². The van der Waals surface area contributed by atoms with Gasteiger partial charge >= 0.3 is 6.01 Å². The van der Waals surface area contributed by atoms with E-state index >= 15 is 0 Å². The molecule has 1 aromatic carbocycles. The molecule has 2 rings (SSSR count). The molecule has 1 aromatic heterocycles. The minimum absolute atomic E-state index is 0.0207. The Kier molecular flexibility index (Phi) is 3.56. The van der Waals surface area contributed by atoms with Gasteiger partial charge in [0.05, 0.1) is 19.1 Å². The summed E-state index contributed by atoms with van der Waals surface area (Å²) in [5.41, 5.74) is 0. The number of hydrogen-bond acceptors (Lipinski definition) is 6. The number of H-pyrrole nitrogens is 1. The van der Waals surface area contributed by atoms with Crippen molar-refractivity contribution in [2.75, 3.05) is 18.9 Å². The largest absolute Gasteiger partial charge is 0.497 e. The highest BCUT2D eigenvalue weighted by molar-refractivity contribution is 7.92. The fraction of sp³-hybridized carbons (Fsp3) is 0.200. The summed E-state index contributed by atoms with van der Waals surface area (Å²) >= 11 is 0. The molecule has 0 radical (unpaired) electrons. The first kappa shape index (κ1) is 13.1. The molecule has 0 saturated carbocycles. The number of hydrogen-bond donors (Lipinski definition) is 2. The van der Waals surface area contributed by atoms with Crippen molar-refractivity contribution in [1.82, 2.24) is 15.2 Å². The van der Waals surface area contributed by atoms with Crippen LogP contribution in [0.5, 0.6) is 11.8 Å². The Morgan fingerprint density at radius 1 is 1.16 bits per heavy atom. The average molecular weight is 284 g/mol. The van der Waals surface area contributed by atoms with Crippen LogP contribution < -0.4 is 14.2 Å². The van der Waals surface area contributed by atoms with Gasteiger partial charge in [-0.1, -0.05) is 0 Å². The van der Waals surface area contributed by atoms with Gasteiger partial charge in [0.15, 0.2) is 0 Å². The molecule has 8 nitrogen and oxygen atoms in total. The third-order valence-corrected chi connectivity index (χ3v) is 3.60. The van der Waals surface area contributed by atoms with E-state index in [0.717, 1.165) is 0 Å². The number of ether oxygens (including phenoxy) is 2. The Morgan fingerprint density at radius 3 is 2.37 bits per heavy atom. The van der Waals surface area contributed by atoms with Gasteiger partial charge in [0.1, 0.15) is 5.75 Å². The fourth-order valence-electron chi connectivity index (χ4n) is 1.32. The number of rotatable bonds is 5. The summed E-state index contributed by atoms with van der Waals surface area (Å²) in [6.07, 6.45) is 0. The number of sulfonamides is 1. The molecular weight excluding hydrogens is 272 g/mol. The Hall–Kier alpha value is -2.29. The molecule has 9 heteroatoms. The number of aromatic nitrogens is 3. The van der Waals surface area contributed by atoms with E-state index in [9.17, 15) is 8.42 Å². The Balaban J connectivity index is 2.21. The highest BCUT2D eigenvalue weighted by Crippen LogP contribution is 2.17. The van der Waals surface area contributed by atoms with Gasteiger partial charge in [0.2, 0.25) is 5.95 Å². The molecule has 0 amide bonds. The SMILES string of the molecule is COc1ccc(S(=O)(=O)Nc2nc(OC)n[nH]2)cc1. The van der Waals surface area contributed by atoms with Crippen LogP contribution in [0.3, 0.4) is 0 Å². The number of aromatic amines is 1. The molecule has 0 aliphatic carbocycles. The summed E-state index contributed by atoms with van der Waals surface area (Å²) in [5.74, 6) is 0.549. The Labute approximate surface area is 109 Å². The second-order valence-corrected chi connectivity index (χ2v) is 5.13. The molecule has 2 N–H and O–H groups in total. The highest BCUT2D eigenvalue weighted by Gasteiger charge is 2.16. The number of benzene rings is 1. The van der Waals surface area contributed by atoms with Crippen LogP contribution >= 0.6 is 0 Å². The van der Waals surface area contributed by atoms with Gasteiger partial charge in [-0.3, -0.25) is 0 Å². The van der Waals surface area contributed by atoms with Gasteiger partial charge < -0.3 is 9.47 Å². The minimum atomic E-state index is -3.73. The lowest BCUT2D eigenvalue weighted by molar-refractivity contribution is 0.382. The summed E-state index contributed by atoms with van der Waals surface area (Å²) < 4.78 is 36.0. The molecule has 0 bridgehead atoms. The van der Waals surface area contributed by atoms with Crippen molar-refractivity contribution in [3.05, 3.63) is 24.3 Å². The predicted octanol–water partition coefficient (Wildman–Crippen LogP) is 0.623. The number of nitrogens with one attached hydrogen (secondary N) is 2. The van der Waals surface area contributed by atoms with Crippen LogP contribution in [0.4, 0.5) is 5.95 Å². The van der Waals surface area contributed by atoms with Crippen molar-refractivity contribution >= 4 is 16.0 Å². The minimum Gasteiger partial charge on any atom is -0.497 e. The topological polar surface area (TPSA) is 106 Å². The highest BCUT2D eigenvalue weighted by atomic mass is 32.2. The van der Waals surface area contributed by atoms with E-state index in [4.69, 9.17) is 9.47 Å². The van der Waals surface area contributed by atoms with E-state index in [2.05, 4.69) is 19.9 Å². The molecule has 0 fully saturated rings. The number of methoxy groups -OCH3 is 2. The van der Waals surface area contributed by atoms with Gasteiger partial charge in [-0.15, -0.1) is 5.10 Å². The van der Waals surface area contributed by atoms with Crippen molar-refractivity contribution in [1.29, 1.82) is 0 Å². The molecule has 102 valence electrons. The van der Waals surface area contributed by atoms with Crippen LogP contribution in [-0.4, -0.2) is 37.8 Å². The number of nitrogens with zero attached hydrogens (tertiary/aromatic N) is 2. The molecule has 0 unspecified atom stereocenters. The fourth-order valence-corrected chi connectivity index (χ4v) is 2.28. The summed E-state index contributed by atoms with van der Waals surface area (Å²) in [7, 11) is -0.846. The molecule has 0 saturated heterocycles. The predicted molar refractivity (Wildman–Crippen MR) is 66.7 cm³/mol. The average Bonchev–Trinajstić information content (AvgIpc) is 2.85. The first-order chi connectivity index (χ1) is 9.05. The maximum atomic E-state index is 12.0. The molecule has 0 atom stereocenters. The van der Waals surface area contributed by atoms with Crippen LogP contribution in [0.1, 0.15) is 0 Å². The quantitative estimate of drug-likeness (QED) is 0.833. The summed E-state index contributed by atoms with van der Waals surface area (Å²) in [5, 5.41) is 6.04. The lowest BCUT2D eigenvalue weighted by Crippen LogP contribution is -2.13. The van der Waals surface area contributed by atoms with E-state index in [1.165, 1.54) is 26.4 Å². The van der Waals surface area contributed by atoms with E-state index in [1.807, 2.05) is 0 Å². The van der Waals surface area contributed by atoms with Crippen LogP contribution in [0.2, 0.25) is 0 Å². The monoisotopic (exact) mass is 284 g/mol. The molecule has 19 heavy (non-hydrogen) atoms. The second-order valence-electron chi connectivity index (χ2n) is 3.45. The molecular formula is C10H12N4O4S. The van der Waals surface area contributed by atoms with E-state index in [0.29, 0.717) is 5.75 Å². The lowest BCUT2D eigenvalue weighted by Gasteiger charge is -2.05.